The number of carbonyl (C=O) groups excluding carboxylic acids is 1. The van der Waals surface area contributed by atoms with Crippen molar-refractivity contribution in [3.63, 3.8) is 0 Å². The predicted molar refractivity (Wildman–Crippen MR) is 126 cm³/mol. The van der Waals surface area contributed by atoms with E-state index < -0.39 is 65.0 Å². The van der Waals surface area contributed by atoms with Gasteiger partial charge < -0.3 is 19.5 Å². The van der Waals surface area contributed by atoms with E-state index in [0.29, 0.717) is 0 Å². The molecule has 0 aromatic heterocycles. The summed E-state index contributed by atoms with van der Waals surface area (Å²) in [6, 6.07) is 9.65. The third kappa shape index (κ3) is 9.83. The number of anilines is 1. The molecule has 19 heteroatoms. The third-order valence-electron chi connectivity index (χ3n) is 4.68. The van der Waals surface area contributed by atoms with Crippen LogP contribution in [-0.4, -0.2) is 57.7 Å². The average Bonchev–Trinajstić information content (AvgIpc) is 2.77. The van der Waals surface area contributed by atoms with Crippen molar-refractivity contribution >= 4 is 64.1 Å². The molecule has 0 radical (unpaired) electrons. The van der Waals surface area contributed by atoms with E-state index >= 15 is 0 Å². The number of fused-ring (bicyclic) bond motifs is 1. The molecule has 3 rings (SSSR count). The molecule has 0 bridgehead atoms. The Labute approximate surface area is 268 Å². The number of azo groups is 1. The fraction of sp³-hybridized carbons (Fsp3) is 0.150. The van der Waals surface area contributed by atoms with Gasteiger partial charge in [0, 0.05) is 18.0 Å². The number of rotatable bonds is 9. The van der Waals surface area contributed by atoms with Gasteiger partial charge in [-0.25, -0.2) is 25.3 Å². The summed E-state index contributed by atoms with van der Waals surface area (Å²) in [7, 11) is -14.2. The minimum absolute atomic E-state index is 0. The second kappa shape index (κ2) is 13.9. The Kier molecular flexibility index (Phi) is 12.7. The number of amides is 1. The van der Waals surface area contributed by atoms with E-state index in [9.17, 15) is 44.3 Å². The predicted octanol–water partition coefficient (Wildman–Crippen LogP) is -3.92. The maximum atomic E-state index is 12.2. The summed E-state index contributed by atoms with van der Waals surface area (Å²) >= 11 is 0. The van der Waals surface area contributed by atoms with Gasteiger partial charge >= 0.3 is 59.1 Å². The standard InChI is InChI=1S/C20H19N3O11S3.2Na/c1-12(24)21-15-3-2-13-10-18(36(28,29)30)19(20(25)17(13)11-15)23-22-14-4-6-16(7-5-14)35(26,27)9-8-34-37(31,32)33;;/h2-7,10-11,25H,8-9H2,1H3,(H,21,24)(H,28,29,30)(H,31,32,33);;/q;2*+1/p-2. The van der Waals surface area contributed by atoms with E-state index in [0.717, 1.165) is 18.2 Å². The fourth-order valence-corrected chi connectivity index (χ4v) is 5.23. The smallest absolute Gasteiger partial charge is 0.744 e. The topological polar surface area (TPSA) is 232 Å². The van der Waals surface area contributed by atoms with Gasteiger partial charge in [-0.3, -0.25) is 8.98 Å². The quantitative estimate of drug-likeness (QED) is 0.102. The molecule has 0 unspecified atom stereocenters. The molecule has 198 valence electrons. The average molecular weight is 618 g/mol. The molecular weight excluding hydrogens is 600 g/mol. The largest absolute Gasteiger partial charge is 1.00 e. The normalized spacial score (nSPS) is 12.1. The summed E-state index contributed by atoms with van der Waals surface area (Å²) in [5.74, 6) is -1.90. The molecule has 3 aromatic rings. The molecule has 0 spiro atoms. The zero-order chi connectivity index (χ0) is 27.6. The molecule has 0 aliphatic heterocycles. The first-order valence-corrected chi connectivity index (χ1v) is 14.3. The van der Waals surface area contributed by atoms with Crippen LogP contribution in [0.25, 0.3) is 10.8 Å². The molecule has 0 fully saturated rings. The second-order valence-corrected chi connectivity index (χ2v) is 11.9. The number of phenolic OH excluding ortho intramolecular Hbond substituents is 1. The Bertz CT molecular complexity index is 1730. The molecule has 0 saturated heterocycles. The molecule has 0 aliphatic carbocycles. The van der Waals surface area contributed by atoms with Crippen LogP contribution in [0.2, 0.25) is 0 Å². The maximum Gasteiger partial charge on any atom is 1.00 e. The minimum Gasteiger partial charge on any atom is -0.744 e. The third-order valence-corrected chi connectivity index (χ3v) is 7.68. The van der Waals surface area contributed by atoms with Crippen LogP contribution in [0, 0.1) is 0 Å². The van der Waals surface area contributed by atoms with Crippen LogP contribution in [0.1, 0.15) is 6.92 Å². The Hall–Kier alpha value is -1.48. The van der Waals surface area contributed by atoms with Crippen LogP contribution in [0.5, 0.6) is 5.75 Å². The molecule has 0 heterocycles. The van der Waals surface area contributed by atoms with Crippen molar-refractivity contribution in [1.82, 2.24) is 0 Å². The Morgan fingerprint density at radius 3 is 2.10 bits per heavy atom. The summed E-state index contributed by atoms with van der Waals surface area (Å²) in [5.41, 5.74) is -0.390. The molecule has 39 heavy (non-hydrogen) atoms. The first-order chi connectivity index (χ1) is 17.1. The van der Waals surface area contributed by atoms with E-state index in [4.69, 9.17) is 0 Å². The van der Waals surface area contributed by atoms with Crippen LogP contribution < -0.4 is 64.4 Å². The zero-order valence-corrected chi connectivity index (χ0v) is 27.1. The number of nitrogens with one attached hydrogen (secondary N) is 1. The molecule has 0 saturated carbocycles. The Balaban J connectivity index is 0.00000380. The summed E-state index contributed by atoms with van der Waals surface area (Å²) in [4.78, 5) is 10.2. The summed E-state index contributed by atoms with van der Waals surface area (Å²) in [5, 5.41) is 20.9. The van der Waals surface area contributed by atoms with Crippen molar-refractivity contribution in [1.29, 1.82) is 0 Å². The molecule has 3 aromatic carbocycles. The molecular formula is C20H17N3Na2O11S3. The van der Waals surface area contributed by atoms with Gasteiger partial charge in [-0.2, -0.15) is 5.11 Å². The SMILES string of the molecule is CC(=O)Nc1ccc2cc(S(=O)(=O)[O-])c(N=Nc3ccc(S(=O)(=O)CCOS(=O)(=O)[O-])cc3)c(O)c2c1.[Na+].[Na+]. The van der Waals surface area contributed by atoms with Gasteiger partial charge in [-0.15, -0.1) is 5.11 Å². The van der Waals surface area contributed by atoms with E-state index in [-0.39, 0.29) is 86.2 Å². The monoisotopic (exact) mass is 617 g/mol. The first-order valence-electron chi connectivity index (χ1n) is 9.95. The fourth-order valence-electron chi connectivity index (χ4n) is 3.10. The summed E-state index contributed by atoms with van der Waals surface area (Å²) in [6.07, 6.45) is 0. The molecule has 0 atom stereocenters. The molecule has 1 amide bonds. The van der Waals surface area contributed by atoms with E-state index in [1.807, 2.05) is 0 Å². The summed E-state index contributed by atoms with van der Waals surface area (Å²) < 4.78 is 95.1. The van der Waals surface area contributed by atoms with Gasteiger partial charge in [0.25, 0.3) is 0 Å². The molecule has 0 aliphatic rings. The van der Waals surface area contributed by atoms with Crippen LogP contribution in [0.3, 0.4) is 0 Å². The van der Waals surface area contributed by atoms with E-state index in [1.165, 1.54) is 37.3 Å². The first kappa shape index (κ1) is 35.5. The number of nitrogens with zero attached hydrogens (tertiary/aromatic N) is 2. The number of hydrogen-bond donors (Lipinski definition) is 2. The van der Waals surface area contributed by atoms with Crippen molar-refractivity contribution in [2.75, 3.05) is 17.7 Å². The number of benzene rings is 3. The second-order valence-electron chi connectivity index (χ2n) is 7.39. The van der Waals surface area contributed by atoms with Gasteiger partial charge in [0.2, 0.25) is 16.3 Å². The summed E-state index contributed by atoms with van der Waals surface area (Å²) in [6.45, 7) is 0.380. The van der Waals surface area contributed by atoms with Crippen molar-refractivity contribution in [3.8, 4) is 5.75 Å². The van der Waals surface area contributed by atoms with Crippen molar-refractivity contribution in [3.05, 3.63) is 48.5 Å². The number of aromatic hydroxyl groups is 1. The molecule has 14 nitrogen and oxygen atoms in total. The number of hydrogen-bond acceptors (Lipinski definition) is 13. The van der Waals surface area contributed by atoms with E-state index in [2.05, 4.69) is 19.7 Å². The van der Waals surface area contributed by atoms with Crippen LogP contribution in [0.15, 0.2) is 68.6 Å². The van der Waals surface area contributed by atoms with E-state index in [1.54, 1.807) is 0 Å². The number of carbonyl (C=O) groups is 1. The van der Waals surface area contributed by atoms with Crippen molar-refractivity contribution < 1.29 is 108 Å². The maximum absolute atomic E-state index is 12.2. The minimum atomic E-state index is -5.12. The zero-order valence-electron chi connectivity index (χ0n) is 20.7. The van der Waals surface area contributed by atoms with Crippen molar-refractivity contribution in [2.45, 2.75) is 16.7 Å². The van der Waals surface area contributed by atoms with Crippen LogP contribution in [0.4, 0.5) is 17.1 Å². The number of sulfone groups is 1. The van der Waals surface area contributed by atoms with Gasteiger partial charge in [-0.05, 0) is 47.9 Å². The van der Waals surface area contributed by atoms with Crippen LogP contribution in [-0.2, 0) is 39.3 Å². The van der Waals surface area contributed by atoms with Crippen LogP contribution >= 0.6 is 0 Å². The van der Waals surface area contributed by atoms with Crippen molar-refractivity contribution in [2.24, 2.45) is 10.2 Å². The Morgan fingerprint density at radius 1 is 0.949 bits per heavy atom. The van der Waals surface area contributed by atoms with Gasteiger partial charge in [0.05, 0.1) is 27.8 Å². The van der Waals surface area contributed by atoms with Gasteiger partial charge in [-0.1, -0.05) is 6.07 Å². The van der Waals surface area contributed by atoms with Gasteiger partial charge in [0.15, 0.2) is 15.6 Å². The number of phenols is 1. The Morgan fingerprint density at radius 2 is 1.56 bits per heavy atom. The van der Waals surface area contributed by atoms with Gasteiger partial charge in [0.1, 0.15) is 15.8 Å². The molecule has 2 N–H and O–H groups in total.